The molecular formula is C10H13FN2O. The van der Waals surface area contributed by atoms with Gasteiger partial charge in [0.15, 0.2) is 0 Å². The van der Waals surface area contributed by atoms with Crippen LogP contribution in [0.2, 0.25) is 0 Å². The molecule has 0 atom stereocenters. The van der Waals surface area contributed by atoms with E-state index in [0.717, 1.165) is 0 Å². The first-order chi connectivity index (χ1) is 6.69. The van der Waals surface area contributed by atoms with Crippen LogP contribution < -0.4 is 10.6 Å². The summed E-state index contributed by atoms with van der Waals surface area (Å²) >= 11 is 0. The molecule has 1 aromatic rings. The molecule has 0 saturated carbocycles. The van der Waals surface area contributed by atoms with Crippen molar-refractivity contribution in [2.24, 2.45) is 5.73 Å². The van der Waals surface area contributed by atoms with Gasteiger partial charge in [0, 0.05) is 12.2 Å². The summed E-state index contributed by atoms with van der Waals surface area (Å²) in [5, 5.41) is 0. The van der Waals surface area contributed by atoms with Crippen molar-refractivity contribution in [3.63, 3.8) is 0 Å². The number of rotatable bonds is 3. The largest absolute Gasteiger partial charge is 0.322 e. The van der Waals surface area contributed by atoms with E-state index in [2.05, 4.69) is 0 Å². The SMILES string of the molecule is CCN(C(=O)CN)c1cccc(F)c1. The van der Waals surface area contributed by atoms with Crippen molar-refractivity contribution in [2.75, 3.05) is 18.0 Å². The van der Waals surface area contributed by atoms with Gasteiger partial charge in [-0.05, 0) is 25.1 Å². The maximum Gasteiger partial charge on any atom is 0.240 e. The highest BCUT2D eigenvalue weighted by Crippen LogP contribution is 2.14. The number of anilines is 1. The molecule has 4 heteroatoms. The molecule has 0 fully saturated rings. The van der Waals surface area contributed by atoms with E-state index in [0.29, 0.717) is 12.2 Å². The van der Waals surface area contributed by atoms with Crippen molar-refractivity contribution in [3.8, 4) is 0 Å². The molecule has 0 aliphatic rings. The van der Waals surface area contributed by atoms with Crippen LogP contribution in [0.4, 0.5) is 10.1 Å². The lowest BCUT2D eigenvalue weighted by molar-refractivity contribution is -0.117. The Morgan fingerprint density at radius 2 is 2.29 bits per heavy atom. The van der Waals surface area contributed by atoms with E-state index in [-0.39, 0.29) is 18.3 Å². The number of halogens is 1. The molecule has 0 bridgehead atoms. The van der Waals surface area contributed by atoms with Crippen LogP contribution in [0.3, 0.4) is 0 Å². The van der Waals surface area contributed by atoms with Gasteiger partial charge in [-0.25, -0.2) is 4.39 Å². The van der Waals surface area contributed by atoms with Crippen molar-refractivity contribution >= 4 is 11.6 Å². The van der Waals surface area contributed by atoms with E-state index in [1.165, 1.54) is 17.0 Å². The fourth-order valence-electron chi connectivity index (χ4n) is 1.26. The van der Waals surface area contributed by atoms with Gasteiger partial charge in [0.2, 0.25) is 5.91 Å². The van der Waals surface area contributed by atoms with Gasteiger partial charge in [0.05, 0.1) is 6.54 Å². The predicted molar refractivity (Wildman–Crippen MR) is 53.5 cm³/mol. The van der Waals surface area contributed by atoms with Gasteiger partial charge in [0.1, 0.15) is 5.82 Å². The second-order valence-electron chi connectivity index (χ2n) is 2.82. The second-order valence-corrected chi connectivity index (χ2v) is 2.82. The van der Waals surface area contributed by atoms with Crippen LogP contribution in [0.15, 0.2) is 24.3 Å². The molecule has 0 heterocycles. The zero-order chi connectivity index (χ0) is 10.6. The van der Waals surface area contributed by atoms with Crippen molar-refractivity contribution in [1.82, 2.24) is 0 Å². The van der Waals surface area contributed by atoms with Gasteiger partial charge in [-0.3, -0.25) is 4.79 Å². The van der Waals surface area contributed by atoms with Crippen LogP contribution >= 0.6 is 0 Å². The summed E-state index contributed by atoms with van der Waals surface area (Å²) in [6.07, 6.45) is 0. The average molecular weight is 196 g/mol. The van der Waals surface area contributed by atoms with Crippen molar-refractivity contribution < 1.29 is 9.18 Å². The van der Waals surface area contributed by atoms with E-state index in [1.807, 2.05) is 6.92 Å². The minimum atomic E-state index is -0.356. The number of nitrogens with two attached hydrogens (primary N) is 1. The lowest BCUT2D eigenvalue weighted by Gasteiger charge is -2.19. The van der Waals surface area contributed by atoms with Crippen molar-refractivity contribution in [2.45, 2.75) is 6.92 Å². The predicted octanol–water partition coefficient (Wildman–Crippen LogP) is 1.14. The minimum Gasteiger partial charge on any atom is -0.322 e. The summed E-state index contributed by atoms with van der Waals surface area (Å²) in [5.41, 5.74) is 5.78. The highest BCUT2D eigenvalue weighted by molar-refractivity contribution is 5.94. The molecule has 76 valence electrons. The molecule has 0 spiro atoms. The summed E-state index contributed by atoms with van der Waals surface area (Å²) in [5.74, 6) is -0.566. The molecule has 14 heavy (non-hydrogen) atoms. The third kappa shape index (κ3) is 2.29. The third-order valence-electron chi connectivity index (χ3n) is 1.91. The Kier molecular flexibility index (Phi) is 3.59. The van der Waals surface area contributed by atoms with Gasteiger partial charge < -0.3 is 10.6 Å². The first kappa shape index (κ1) is 10.7. The summed E-state index contributed by atoms with van der Waals surface area (Å²) < 4.78 is 12.9. The van der Waals surface area contributed by atoms with E-state index >= 15 is 0 Å². The lowest BCUT2D eigenvalue weighted by Crippen LogP contribution is -2.35. The molecule has 2 N–H and O–H groups in total. The maximum absolute atomic E-state index is 12.9. The number of hydrogen-bond acceptors (Lipinski definition) is 2. The van der Waals surface area contributed by atoms with Crippen LogP contribution in [0, 0.1) is 5.82 Å². The number of amides is 1. The number of benzene rings is 1. The summed E-state index contributed by atoms with van der Waals surface area (Å²) in [6, 6.07) is 5.90. The van der Waals surface area contributed by atoms with Gasteiger partial charge in [0.25, 0.3) is 0 Å². The van der Waals surface area contributed by atoms with Crippen LogP contribution in [-0.4, -0.2) is 19.0 Å². The summed E-state index contributed by atoms with van der Waals surface area (Å²) in [7, 11) is 0. The Labute approximate surface area is 82.3 Å². The fraction of sp³-hybridized carbons (Fsp3) is 0.300. The van der Waals surface area contributed by atoms with Crippen LogP contribution in [0.25, 0.3) is 0 Å². The highest BCUT2D eigenvalue weighted by Gasteiger charge is 2.11. The van der Waals surface area contributed by atoms with Crippen LogP contribution in [0.5, 0.6) is 0 Å². The summed E-state index contributed by atoms with van der Waals surface area (Å²) in [4.78, 5) is 12.8. The normalized spacial score (nSPS) is 9.93. The number of likely N-dealkylation sites (N-methyl/N-ethyl adjacent to an activating group) is 1. The van der Waals surface area contributed by atoms with Gasteiger partial charge >= 0.3 is 0 Å². The Balaban J connectivity index is 2.94. The molecule has 0 unspecified atom stereocenters. The number of carbonyl (C=O) groups is 1. The Hall–Kier alpha value is -1.42. The topological polar surface area (TPSA) is 46.3 Å². The van der Waals surface area contributed by atoms with Crippen LogP contribution in [-0.2, 0) is 4.79 Å². The first-order valence-corrected chi connectivity index (χ1v) is 4.45. The molecule has 3 nitrogen and oxygen atoms in total. The third-order valence-corrected chi connectivity index (χ3v) is 1.91. The molecule has 0 radical (unpaired) electrons. The first-order valence-electron chi connectivity index (χ1n) is 4.45. The van der Waals surface area contributed by atoms with E-state index in [4.69, 9.17) is 5.73 Å². The fourth-order valence-corrected chi connectivity index (χ4v) is 1.26. The highest BCUT2D eigenvalue weighted by atomic mass is 19.1. The smallest absolute Gasteiger partial charge is 0.240 e. The van der Waals surface area contributed by atoms with Gasteiger partial charge in [-0.1, -0.05) is 6.07 Å². The lowest BCUT2D eigenvalue weighted by atomic mass is 10.2. The van der Waals surface area contributed by atoms with Crippen molar-refractivity contribution in [1.29, 1.82) is 0 Å². The molecule has 0 aromatic heterocycles. The van der Waals surface area contributed by atoms with E-state index in [1.54, 1.807) is 12.1 Å². The molecule has 0 aliphatic carbocycles. The number of nitrogens with zero attached hydrogens (tertiary/aromatic N) is 1. The monoisotopic (exact) mass is 196 g/mol. The molecule has 0 saturated heterocycles. The molecular weight excluding hydrogens is 183 g/mol. The van der Waals surface area contributed by atoms with Gasteiger partial charge in [-0.15, -0.1) is 0 Å². The Morgan fingerprint density at radius 3 is 2.79 bits per heavy atom. The van der Waals surface area contributed by atoms with Crippen molar-refractivity contribution in [3.05, 3.63) is 30.1 Å². The molecule has 1 amide bonds. The molecule has 1 rings (SSSR count). The zero-order valence-corrected chi connectivity index (χ0v) is 8.03. The maximum atomic E-state index is 12.9. The summed E-state index contributed by atoms with van der Waals surface area (Å²) in [6.45, 7) is 2.24. The number of hydrogen-bond donors (Lipinski definition) is 1. The number of carbonyl (C=O) groups excluding carboxylic acids is 1. The quantitative estimate of drug-likeness (QED) is 0.787. The Bertz CT molecular complexity index is 328. The minimum absolute atomic E-state index is 0.0651. The van der Waals surface area contributed by atoms with Gasteiger partial charge in [-0.2, -0.15) is 0 Å². The average Bonchev–Trinajstić information content (AvgIpc) is 2.19. The zero-order valence-electron chi connectivity index (χ0n) is 8.03. The van der Waals surface area contributed by atoms with Crippen LogP contribution in [0.1, 0.15) is 6.92 Å². The Morgan fingerprint density at radius 1 is 1.57 bits per heavy atom. The van der Waals surface area contributed by atoms with E-state index in [9.17, 15) is 9.18 Å². The van der Waals surface area contributed by atoms with E-state index < -0.39 is 0 Å². The standard InChI is InChI=1S/C10H13FN2O/c1-2-13(10(14)7-12)9-5-3-4-8(11)6-9/h3-6H,2,7,12H2,1H3. The molecule has 1 aromatic carbocycles. The molecule has 0 aliphatic heterocycles. The second kappa shape index (κ2) is 4.72.